The molecule has 0 aromatic carbocycles. The van der Waals surface area contributed by atoms with Crippen LogP contribution in [0.3, 0.4) is 0 Å². The third-order valence-corrected chi connectivity index (χ3v) is 1.88. The fourth-order valence-corrected chi connectivity index (χ4v) is 1.22. The van der Waals surface area contributed by atoms with Crippen LogP contribution in [0, 0.1) is 11.3 Å². The molecule has 68 valence electrons. The molecule has 0 aliphatic carbocycles. The van der Waals surface area contributed by atoms with Crippen LogP contribution in [0.4, 0.5) is 0 Å². The Bertz CT molecular complexity index is 498. The molecule has 14 heavy (non-hydrogen) atoms. The Morgan fingerprint density at radius 1 is 1.43 bits per heavy atom. The minimum absolute atomic E-state index is 0.375. The molecule has 5 heteroatoms. The summed E-state index contributed by atoms with van der Waals surface area (Å²) in [5.41, 5.74) is 0.465. The molecule has 0 saturated carbocycles. The largest absolute Gasteiger partial charge is 0.236 e. The molecule has 2 aromatic rings. The normalized spacial score (nSPS) is 9.71. The molecular formula is C9H5ClN4. The third-order valence-electron chi connectivity index (χ3n) is 1.68. The van der Waals surface area contributed by atoms with E-state index in [-0.39, 0.29) is 0 Å². The lowest BCUT2D eigenvalue weighted by Crippen LogP contribution is -2.00. The van der Waals surface area contributed by atoms with Gasteiger partial charge in [-0.15, -0.1) is 0 Å². The minimum Gasteiger partial charge on any atom is -0.236 e. The molecule has 0 saturated heterocycles. The number of halogens is 1. The van der Waals surface area contributed by atoms with Gasteiger partial charge in [-0.25, -0.2) is 9.67 Å². The van der Waals surface area contributed by atoms with Gasteiger partial charge >= 0.3 is 0 Å². The standard InChI is InChI=1S/C9H5ClN4/c10-8-3-5-14(13-8)9-7(6-11)2-1-4-12-9/h1-5H. The maximum absolute atomic E-state index is 8.82. The van der Waals surface area contributed by atoms with Crippen molar-refractivity contribution in [1.82, 2.24) is 14.8 Å². The highest BCUT2D eigenvalue weighted by atomic mass is 35.5. The maximum Gasteiger partial charge on any atom is 0.171 e. The fraction of sp³-hybridized carbons (Fsp3) is 0. The lowest BCUT2D eigenvalue weighted by atomic mass is 10.3. The molecule has 2 aromatic heterocycles. The highest BCUT2D eigenvalue weighted by Gasteiger charge is 2.05. The molecule has 2 heterocycles. The maximum atomic E-state index is 8.82. The van der Waals surface area contributed by atoms with Crippen molar-refractivity contribution in [1.29, 1.82) is 5.26 Å². The van der Waals surface area contributed by atoms with Gasteiger partial charge in [0.05, 0.1) is 5.56 Å². The lowest BCUT2D eigenvalue weighted by molar-refractivity contribution is 0.843. The Morgan fingerprint density at radius 3 is 2.93 bits per heavy atom. The number of rotatable bonds is 1. The number of nitriles is 1. The van der Waals surface area contributed by atoms with E-state index in [9.17, 15) is 0 Å². The molecule has 0 radical (unpaired) electrons. The highest BCUT2D eigenvalue weighted by molar-refractivity contribution is 6.29. The second-order valence-electron chi connectivity index (χ2n) is 2.57. The van der Waals surface area contributed by atoms with E-state index in [1.165, 1.54) is 4.68 Å². The summed E-state index contributed by atoms with van der Waals surface area (Å²) in [6.07, 6.45) is 3.26. The van der Waals surface area contributed by atoms with Gasteiger partial charge in [0.25, 0.3) is 0 Å². The van der Waals surface area contributed by atoms with Gasteiger partial charge in [-0.05, 0) is 18.2 Å². The van der Waals surface area contributed by atoms with Crippen molar-refractivity contribution in [3.05, 3.63) is 41.3 Å². The van der Waals surface area contributed by atoms with Crippen molar-refractivity contribution in [2.45, 2.75) is 0 Å². The van der Waals surface area contributed by atoms with Gasteiger partial charge in [-0.1, -0.05) is 11.6 Å². The van der Waals surface area contributed by atoms with E-state index in [4.69, 9.17) is 16.9 Å². The Labute approximate surface area is 85.4 Å². The molecule has 0 bridgehead atoms. The molecule has 4 nitrogen and oxygen atoms in total. The van der Waals surface area contributed by atoms with Crippen molar-refractivity contribution in [2.75, 3.05) is 0 Å². The van der Waals surface area contributed by atoms with Crippen LogP contribution in [-0.2, 0) is 0 Å². The summed E-state index contributed by atoms with van der Waals surface area (Å²) < 4.78 is 1.47. The second kappa shape index (κ2) is 3.48. The number of hydrogen-bond donors (Lipinski definition) is 0. The Balaban J connectivity index is 2.57. The first-order chi connectivity index (χ1) is 6.81. The number of hydrogen-bond acceptors (Lipinski definition) is 3. The van der Waals surface area contributed by atoms with Crippen LogP contribution in [0.15, 0.2) is 30.6 Å². The van der Waals surface area contributed by atoms with Crippen molar-refractivity contribution in [3.63, 3.8) is 0 Å². The van der Waals surface area contributed by atoms with Crippen molar-refractivity contribution in [3.8, 4) is 11.9 Å². The zero-order valence-electron chi connectivity index (χ0n) is 7.05. The summed E-state index contributed by atoms with van der Waals surface area (Å²) >= 11 is 5.66. The van der Waals surface area contributed by atoms with E-state index in [0.29, 0.717) is 16.5 Å². The molecule has 0 aliphatic heterocycles. The van der Waals surface area contributed by atoms with Gasteiger partial charge in [0.2, 0.25) is 0 Å². The van der Waals surface area contributed by atoms with Crippen LogP contribution >= 0.6 is 11.6 Å². The topological polar surface area (TPSA) is 54.5 Å². The first kappa shape index (κ1) is 8.73. The van der Waals surface area contributed by atoms with E-state index in [0.717, 1.165) is 0 Å². The number of nitrogens with zero attached hydrogens (tertiary/aromatic N) is 4. The molecule has 0 fully saturated rings. The van der Waals surface area contributed by atoms with Crippen LogP contribution in [-0.4, -0.2) is 14.8 Å². The molecule has 0 atom stereocenters. The van der Waals surface area contributed by atoms with E-state index in [1.54, 1.807) is 30.6 Å². The van der Waals surface area contributed by atoms with Crippen molar-refractivity contribution in [2.24, 2.45) is 0 Å². The SMILES string of the molecule is N#Cc1cccnc1-n1ccc(Cl)n1. The predicted molar refractivity (Wildman–Crippen MR) is 51.1 cm³/mol. The average molecular weight is 205 g/mol. The van der Waals surface area contributed by atoms with Crippen molar-refractivity contribution >= 4 is 11.6 Å². The van der Waals surface area contributed by atoms with Gasteiger partial charge in [-0.3, -0.25) is 0 Å². The zero-order valence-corrected chi connectivity index (χ0v) is 7.81. The minimum atomic E-state index is 0.375. The van der Waals surface area contributed by atoms with Crippen LogP contribution in [0.2, 0.25) is 5.15 Å². The van der Waals surface area contributed by atoms with Gasteiger partial charge < -0.3 is 0 Å². The zero-order chi connectivity index (χ0) is 9.97. The van der Waals surface area contributed by atoms with Crippen LogP contribution in [0.1, 0.15) is 5.56 Å². The van der Waals surface area contributed by atoms with E-state index >= 15 is 0 Å². The summed E-state index contributed by atoms with van der Waals surface area (Å²) in [5, 5.41) is 13.2. The number of pyridine rings is 1. The second-order valence-corrected chi connectivity index (χ2v) is 2.96. The molecule has 2 rings (SSSR count). The summed E-state index contributed by atoms with van der Waals surface area (Å²) in [5.74, 6) is 0.488. The Morgan fingerprint density at radius 2 is 2.29 bits per heavy atom. The fourth-order valence-electron chi connectivity index (χ4n) is 1.09. The summed E-state index contributed by atoms with van der Waals surface area (Å²) in [4.78, 5) is 4.05. The third kappa shape index (κ3) is 1.45. The van der Waals surface area contributed by atoms with E-state index < -0.39 is 0 Å². The van der Waals surface area contributed by atoms with Crippen LogP contribution < -0.4 is 0 Å². The van der Waals surface area contributed by atoms with Gasteiger partial charge in [-0.2, -0.15) is 10.4 Å². The van der Waals surface area contributed by atoms with Crippen LogP contribution in [0.5, 0.6) is 0 Å². The summed E-state index contributed by atoms with van der Waals surface area (Å²) in [7, 11) is 0. The van der Waals surface area contributed by atoms with E-state index in [2.05, 4.69) is 10.1 Å². The molecule has 0 spiro atoms. The van der Waals surface area contributed by atoms with Crippen molar-refractivity contribution < 1.29 is 0 Å². The monoisotopic (exact) mass is 204 g/mol. The highest BCUT2D eigenvalue weighted by Crippen LogP contribution is 2.11. The Hall–Kier alpha value is -1.86. The first-order valence-electron chi connectivity index (χ1n) is 3.88. The van der Waals surface area contributed by atoms with Gasteiger partial charge in [0.1, 0.15) is 6.07 Å². The molecule has 0 N–H and O–H groups in total. The molecule has 0 aliphatic rings. The summed E-state index contributed by atoms with van der Waals surface area (Å²) in [6.45, 7) is 0. The van der Waals surface area contributed by atoms with E-state index in [1.807, 2.05) is 6.07 Å². The van der Waals surface area contributed by atoms with Crippen LogP contribution in [0.25, 0.3) is 5.82 Å². The van der Waals surface area contributed by atoms with Gasteiger partial charge in [0, 0.05) is 12.4 Å². The molecular weight excluding hydrogens is 200 g/mol. The summed E-state index contributed by atoms with van der Waals surface area (Å²) in [6, 6.07) is 7.05. The molecule has 0 unspecified atom stereocenters. The molecule has 0 amide bonds. The van der Waals surface area contributed by atoms with Gasteiger partial charge in [0.15, 0.2) is 11.0 Å². The lowest BCUT2D eigenvalue weighted by Gasteiger charge is -2.00. The smallest absolute Gasteiger partial charge is 0.171 e. The Kier molecular flexibility index (Phi) is 2.17. The quantitative estimate of drug-likeness (QED) is 0.712. The number of aromatic nitrogens is 3. The average Bonchev–Trinajstić information content (AvgIpc) is 2.65. The predicted octanol–water partition coefficient (Wildman–Crippen LogP) is 1.79. The first-order valence-corrected chi connectivity index (χ1v) is 4.26.